The summed E-state index contributed by atoms with van der Waals surface area (Å²) < 4.78 is 2.40. The Hall–Kier alpha value is -8.20. The minimum Gasteiger partial charge on any atom is -0.310 e. The van der Waals surface area contributed by atoms with Gasteiger partial charge in [0, 0.05) is 38.9 Å². The minimum absolute atomic E-state index is 0.0605. The van der Waals surface area contributed by atoms with E-state index in [2.05, 4.69) is 298 Å². The molecular weight excluding hydrogens is 941 g/mol. The second-order valence-corrected chi connectivity index (χ2v) is 26.2. The highest BCUT2D eigenvalue weighted by molar-refractivity contribution is 6.10. The van der Waals surface area contributed by atoms with Crippen LogP contribution in [0.1, 0.15) is 126 Å². The average molecular weight is 1010 g/mol. The second-order valence-electron chi connectivity index (χ2n) is 26.2. The van der Waals surface area contributed by atoms with Gasteiger partial charge in [0.1, 0.15) is 0 Å². The van der Waals surface area contributed by atoms with E-state index in [1.54, 1.807) is 0 Å². The lowest BCUT2D eigenvalue weighted by atomic mass is 9.65. The molecule has 0 radical (unpaired) electrons. The summed E-state index contributed by atoms with van der Waals surface area (Å²) in [5.74, 6) is 0. The lowest BCUT2D eigenvalue weighted by molar-refractivity contribution is 0.558. The van der Waals surface area contributed by atoms with Crippen LogP contribution in [0.25, 0.3) is 72.0 Å². The quantitative estimate of drug-likeness (QED) is 0.167. The molecule has 0 aliphatic heterocycles. The fourth-order valence-electron chi connectivity index (χ4n) is 14.2. The van der Waals surface area contributed by atoms with Gasteiger partial charge >= 0.3 is 0 Å². The van der Waals surface area contributed by atoms with Gasteiger partial charge in [-0.2, -0.15) is 0 Å². The standard InChI is InChI=1S/C76H68N2/c1-72(2,3)49-42-60-70-65(73(4,5)6)45-53(46-66(70)76(71(60)67(43-49)74(7,8)9)62-30-20-16-26-55(62)56-27-17-21-31-63(56)76)77(52-38-39-57-54-25-15-19-29-61(54)75(10,11)64(57)44-52)51-36-33-47(34-37-51)48-35-40-69-59(41-48)58-28-18-22-32-68(58)78(69)50-23-13-12-14-24-50/h12-46H,1-11H3. The SMILES string of the molecule is CC(C)(C)c1cc2c(c(C(C)(C)C)c1)C1(c3ccccc3-c3ccccc31)c1cc(N(c3ccc(-c4ccc5c(c4)c4ccccc4n5-c4ccccc4)cc3)c3ccc4c(c3)C(C)(C)c3ccccc3-4)cc(C(C)(C)C)c1-2. The number of hydrogen-bond acceptors (Lipinski definition) is 1. The van der Waals surface area contributed by atoms with E-state index >= 15 is 0 Å². The van der Waals surface area contributed by atoms with Crippen molar-refractivity contribution in [2.45, 2.75) is 103 Å². The first-order valence-electron chi connectivity index (χ1n) is 28.2. The third-order valence-corrected chi connectivity index (χ3v) is 18.0. The molecule has 0 bridgehead atoms. The largest absolute Gasteiger partial charge is 0.310 e. The van der Waals surface area contributed by atoms with Crippen LogP contribution in [0.4, 0.5) is 17.1 Å². The van der Waals surface area contributed by atoms with Gasteiger partial charge in [0.25, 0.3) is 0 Å². The summed E-state index contributed by atoms with van der Waals surface area (Å²) in [5, 5.41) is 2.51. The van der Waals surface area contributed by atoms with Crippen molar-refractivity contribution in [2.24, 2.45) is 0 Å². The van der Waals surface area contributed by atoms with E-state index in [9.17, 15) is 0 Å². The number of para-hydroxylation sites is 2. The number of anilines is 3. The Morgan fingerprint density at radius 2 is 0.897 bits per heavy atom. The molecule has 1 aromatic heterocycles. The maximum absolute atomic E-state index is 2.62. The zero-order valence-electron chi connectivity index (χ0n) is 47.1. The summed E-state index contributed by atoms with van der Waals surface area (Å²) in [5.41, 5.74) is 28.7. The maximum Gasteiger partial charge on any atom is 0.0729 e. The Bertz CT molecular complexity index is 4230. The van der Waals surface area contributed by atoms with Crippen molar-refractivity contribution in [2.75, 3.05) is 4.90 Å². The van der Waals surface area contributed by atoms with Crippen LogP contribution in [-0.2, 0) is 27.1 Å². The summed E-state index contributed by atoms with van der Waals surface area (Å²) in [7, 11) is 0. The molecule has 14 rings (SSSR count). The molecule has 0 saturated heterocycles. The van der Waals surface area contributed by atoms with Crippen molar-refractivity contribution >= 4 is 38.9 Å². The van der Waals surface area contributed by atoms with Crippen LogP contribution < -0.4 is 4.90 Å². The van der Waals surface area contributed by atoms with Crippen molar-refractivity contribution in [3.8, 4) is 50.2 Å². The summed E-state index contributed by atoms with van der Waals surface area (Å²) >= 11 is 0. The molecule has 78 heavy (non-hydrogen) atoms. The Balaban J connectivity index is 1.03. The number of rotatable bonds is 5. The smallest absolute Gasteiger partial charge is 0.0729 e. The van der Waals surface area contributed by atoms with Gasteiger partial charge < -0.3 is 9.47 Å². The van der Waals surface area contributed by atoms with E-state index in [0.717, 1.165) is 17.1 Å². The Morgan fingerprint density at radius 1 is 0.359 bits per heavy atom. The zero-order valence-corrected chi connectivity index (χ0v) is 47.1. The van der Waals surface area contributed by atoms with Crippen LogP contribution in [0.5, 0.6) is 0 Å². The summed E-state index contributed by atoms with van der Waals surface area (Å²) in [6.45, 7) is 26.5. The van der Waals surface area contributed by atoms with E-state index in [-0.39, 0.29) is 21.7 Å². The van der Waals surface area contributed by atoms with Gasteiger partial charge in [-0.15, -0.1) is 0 Å². The lowest BCUT2D eigenvalue weighted by Gasteiger charge is -2.37. The predicted octanol–water partition coefficient (Wildman–Crippen LogP) is 20.5. The van der Waals surface area contributed by atoms with Crippen molar-refractivity contribution in [1.82, 2.24) is 4.57 Å². The Labute approximate surface area is 461 Å². The molecule has 3 aliphatic rings. The molecule has 10 aromatic carbocycles. The monoisotopic (exact) mass is 1010 g/mol. The minimum atomic E-state index is -0.563. The first-order chi connectivity index (χ1) is 37.3. The van der Waals surface area contributed by atoms with E-state index in [1.165, 1.54) is 122 Å². The zero-order chi connectivity index (χ0) is 53.8. The van der Waals surface area contributed by atoms with Crippen LogP contribution in [0, 0.1) is 0 Å². The highest BCUT2D eigenvalue weighted by Gasteiger charge is 2.55. The normalized spacial score (nSPS) is 14.6. The van der Waals surface area contributed by atoms with E-state index in [1.807, 2.05) is 0 Å². The van der Waals surface area contributed by atoms with Crippen LogP contribution >= 0.6 is 0 Å². The van der Waals surface area contributed by atoms with Gasteiger partial charge in [0.2, 0.25) is 0 Å². The lowest BCUT2D eigenvalue weighted by Crippen LogP contribution is -2.31. The average Bonchev–Trinajstić information content (AvgIpc) is 2.46. The van der Waals surface area contributed by atoms with Crippen molar-refractivity contribution in [1.29, 1.82) is 0 Å². The van der Waals surface area contributed by atoms with Gasteiger partial charge in [0.05, 0.1) is 16.4 Å². The van der Waals surface area contributed by atoms with Crippen molar-refractivity contribution in [3.05, 3.63) is 262 Å². The molecule has 0 saturated carbocycles. The van der Waals surface area contributed by atoms with Gasteiger partial charge in [0.15, 0.2) is 0 Å². The molecule has 1 heterocycles. The van der Waals surface area contributed by atoms with Crippen LogP contribution in [0.15, 0.2) is 212 Å². The van der Waals surface area contributed by atoms with Gasteiger partial charge in [-0.1, -0.05) is 222 Å². The van der Waals surface area contributed by atoms with Gasteiger partial charge in [-0.05, 0) is 178 Å². The molecule has 2 heteroatoms. The molecule has 0 atom stereocenters. The summed E-state index contributed by atoms with van der Waals surface area (Å²) in [6.07, 6.45) is 0. The number of nitrogens with zero attached hydrogens (tertiary/aromatic N) is 2. The molecule has 382 valence electrons. The second kappa shape index (κ2) is 16.7. The first kappa shape index (κ1) is 48.2. The number of hydrogen-bond donors (Lipinski definition) is 0. The van der Waals surface area contributed by atoms with Gasteiger partial charge in [-0.25, -0.2) is 0 Å². The number of benzene rings is 10. The van der Waals surface area contributed by atoms with Crippen LogP contribution in [0.3, 0.4) is 0 Å². The first-order valence-corrected chi connectivity index (χ1v) is 28.2. The number of fused-ring (bicyclic) bond motifs is 16. The van der Waals surface area contributed by atoms with Crippen LogP contribution in [-0.4, -0.2) is 4.57 Å². The third kappa shape index (κ3) is 6.87. The fourth-order valence-corrected chi connectivity index (χ4v) is 14.2. The van der Waals surface area contributed by atoms with Gasteiger partial charge in [-0.3, -0.25) is 0 Å². The predicted molar refractivity (Wildman–Crippen MR) is 331 cm³/mol. The molecule has 1 spiro atoms. The topological polar surface area (TPSA) is 8.17 Å². The fraction of sp³-hybridized carbons (Fsp3) is 0.211. The van der Waals surface area contributed by atoms with Crippen molar-refractivity contribution in [3.63, 3.8) is 0 Å². The highest BCUT2D eigenvalue weighted by Crippen LogP contribution is 2.67. The Morgan fingerprint density at radius 3 is 1.55 bits per heavy atom. The molecule has 0 amide bonds. The molecule has 11 aromatic rings. The molecule has 3 aliphatic carbocycles. The summed E-state index contributed by atoms with van der Waals surface area (Å²) in [4.78, 5) is 2.57. The van der Waals surface area contributed by atoms with Crippen LogP contribution in [0.2, 0.25) is 0 Å². The van der Waals surface area contributed by atoms with E-state index < -0.39 is 5.41 Å². The molecular formula is C76H68N2. The molecule has 0 unspecified atom stereocenters. The molecule has 0 fully saturated rings. The van der Waals surface area contributed by atoms with Crippen molar-refractivity contribution < 1.29 is 0 Å². The number of aromatic nitrogens is 1. The molecule has 2 nitrogen and oxygen atoms in total. The van der Waals surface area contributed by atoms with E-state index in [4.69, 9.17) is 0 Å². The summed E-state index contributed by atoms with van der Waals surface area (Å²) in [6, 6.07) is 81.2. The van der Waals surface area contributed by atoms with E-state index in [0.29, 0.717) is 0 Å². The highest BCUT2D eigenvalue weighted by atomic mass is 15.1. The molecule has 0 N–H and O–H groups in total. The Kier molecular flexibility index (Phi) is 10.3. The maximum atomic E-state index is 2.62. The third-order valence-electron chi connectivity index (χ3n) is 18.0.